The van der Waals surface area contributed by atoms with Crippen LogP contribution in [0.5, 0.6) is 28.7 Å². The molecule has 0 aromatic heterocycles. The number of Topliss-reactive ketones (excluding diaryl/α,β-unsaturated/α-hetero) is 1. The number of ether oxygens (including phenoxy) is 5. The number of hydrogen-bond donors (Lipinski definition) is 3. The first-order valence-corrected chi connectivity index (χ1v) is 9.96. The van der Waals surface area contributed by atoms with Crippen molar-refractivity contribution in [1.29, 1.82) is 0 Å². The van der Waals surface area contributed by atoms with Gasteiger partial charge in [-0.25, -0.2) is 4.79 Å². The third-order valence-electron chi connectivity index (χ3n) is 4.85. The minimum absolute atomic E-state index is 0.0441. The van der Waals surface area contributed by atoms with Crippen molar-refractivity contribution in [1.82, 2.24) is 5.32 Å². The number of allylic oxidation sites excluding steroid dienone is 1. The minimum Gasteiger partial charge on any atom is -0.493 e. The molecule has 1 aliphatic heterocycles. The van der Waals surface area contributed by atoms with Crippen LogP contribution in [0.1, 0.15) is 15.9 Å². The highest BCUT2D eigenvalue weighted by Crippen LogP contribution is 2.42. The van der Waals surface area contributed by atoms with Crippen LogP contribution in [0, 0.1) is 0 Å². The Hall–Kier alpha value is -4.25. The van der Waals surface area contributed by atoms with Gasteiger partial charge in [-0.3, -0.25) is 9.59 Å². The van der Waals surface area contributed by atoms with Crippen LogP contribution in [-0.4, -0.2) is 68.5 Å². The number of methoxy groups -OCH3 is 3. The van der Waals surface area contributed by atoms with Crippen molar-refractivity contribution in [2.45, 2.75) is 6.04 Å². The summed E-state index contributed by atoms with van der Waals surface area (Å²) in [5.74, 6) is -0.781. The van der Waals surface area contributed by atoms with E-state index >= 15 is 0 Å². The smallest absolute Gasteiger partial charge is 0.328 e. The molecule has 2 aromatic carbocycles. The van der Waals surface area contributed by atoms with E-state index < -0.39 is 31.1 Å². The second-order valence-corrected chi connectivity index (χ2v) is 6.95. The zero-order chi connectivity index (χ0) is 24.8. The highest BCUT2D eigenvalue weighted by molar-refractivity contribution is 6.14. The number of carbonyl (C=O) groups is 3. The lowest BCUT2D eigenvalue weighted by Gasteiger charge is -2.14. The van der Waals surface area contributed by atoms with Gasteiger partial charge in [0.15, 0.2) is 23.9 Å². The Morgan fingerprint density at radius 2 is 1.82 bits per heavy atom. The maximum atomic E-state index is 12.8. The largest absolute Gasteiger partial charge is 0.493 e. The zero-order valence-electron chi connectivity index (χ0n) is 18.6. The van der Waals surface area contributed by atoms with Crippen LogP contribution < -0.4 is 29.0 Å². The Bertz CT molecular complexity index is 1140. The van der Waals surface area contributed by atoms with Crippen LogP contribution in [-0.2, 0) is 9.59 Å². The molecule has 11 nitrogen and oxygen atoms in total. The molecule has 0 radical (unpaired) electrons. The van der Waals surface area contributed by atoms with E-state index in [0.717, 1.165) is 0 Å². The number of rotatable bonds is 10. The number of nitrogens with one attached hydrogen (secondary N) is 1. The number of aliphatic carboxylic acids is 1. The molecule has 0 fully saturated rings. The van der Waals surface area contributed by atoms with Gasteiger partial charge in [-0.15, -0.1) is 0 Å². The fourth-order valence-corrected chi connectivity index (χ4v) is 3.21. The van der Waals surface area contributed by atoms with Crippen LogP contribution in [0.25, 0.3) is 6.08 Å². The highest BCUT2D eigenvalue weighted by atomic mass is 16.5. The maximum absolute atomic E-state index is 12.8. The molecule has 1 atom stereocenters. The number of aliphatic hydroxyl groups excluding tert-OH is 1. The molecule has 0 spiro atoms. The van der Waals surface area contributed by atoms with Crippen molar-refractivity contribution in [2.24, 2.45) is 0 Å². The first kappa shape index (κ1) is 24.4. The van der Waals surface area contributed by atoms with E-state index in [1.54, 1.807) is 12.1 Å². The van der Waals surface area contributed by atoms with Crippen molar-refractivity contribution in [2.75, 3.05) is 34.5 Å². The predicted octanol–water partition coefficient (Wildman–Crippen LogP) is 1.27. The van der Waals surface area contributed by atoms with Crippen molar-refractivity contribution < 1.29 is 48.3 Å². The molecule has 0 aliphatic carbocycles. The molecule has 1 heterocycles. The first-order chi connectivity index (χ1) is 16.3. The van der Waals surface area contributed by atoms with Crippen LogP contribution in [0.3, 0.4) is 0 Å². The summed E-state index contributed by atoms with van der Waals surface area (Å²) in [5.41, 5.74) is 0.829. The van der Waals surface area contributed by atoms with Gasteiger partial charge in [0.05, 0.1) is 33.5 Å². The Morgan fingerprint density at radius 3 is 2.44 bits per heavy atom. The van der Waals surface area contributed by atoms with Gasteiger partial charge < -0.3 is 39.2 Å². The number of amides is 1. The maximum Gasteiger partial charge on any atom is 0.328 e. The van der Waals surface area contributed by atoms with Gasteiger partial charge in [-0.1, -0.05) is 0 Å². The van der Waals surface area contributed by atoms with Gasteiger partial charge in [-0.05, 0) is 30.3 Å². The molecule has 1 amide bonds. The molecular weight excluding hydrogens is 450 g/mol. The SMILES string of the molecule is COc1ccc(C=C2Oc3cc(OCC(=O)NC(CO)C(=O)O)ccc3C2=O)c(OC)c1OC. The lowest BCUT2D eigenvalue weighted by atomic mass is 10.1. The lowest BCUT2D eigenvalue weighted by molar-refractivity contribution is -0.143. The van der Waals surface area contributed by atoms with E-state index in [2.05, 4.69) is 5.32 Å². The van der Waals surface area contributed by atoms with Gasteiger partial charge in [0.1, 0.15) is 17.5 Å². The molecule has 180 valence electrons. The van der Waals surface area contributed by atoms with Gasteiger partial charge in [-0.2, -0.15) is 0 Å². The van der Waals surface area contributed by atoms with Gasteiger partial charge >= 0.3 is 5.97 Å². The summed E-state index contributed by atoms with van der Waals surface area (Å²) in [6, 6.07) is 6.34. The number of ketones is 1. The summed E-state index contributed by atoms with van der Waals surface area (Å²) in [7, 11) is 4.43. The summed E-state index contributed by atoms with van der Waals surface area (Å²) in [4.78, 5) is 35.5. The average molecular weight is 473 g/mol. The van der Waals surface area contributed by atoms with Crippen LogP contribution in [0.2, 0.25) is 0 Å². The monoisotopic (exact) mass is 473 g/mol. The summed E-state index contributed by atoms with van der Waals surface area (Å²) in [6.07, 6.45) is 1.51. The average Bonchev–Trinajstić information content (AvgIpc) is 3.14. The molecule has 0 saturated heterocycles. The lowest BCUT2D eigenvalue weighted by Crippen LogP contribution is -2.45. The molecule has 1 aliphatic rings. The number of carboxylic acid groups (broad SMARTS) is 1. The van der Waals surface area contributed by atoms with Crippen molar-refractivity contribution in [3.8, 4) is 28.7 Å². The Balaban J connectivity index is 1.76. The van der Waals surface area contributed by atoms with E-state index in [-0.39, 0.29) is 23.0 Å². The third kappa shape index (κ3) is 5.04. The predicted molar refractivity (Wildman–Crippen MR) is 118 cm³/mol. The number of carboxylic acids is 1. The topological polar surface area (TPSA) is 150 Å². The summed E-state index contributed by atoms with van der Waals surface area (Å²) < 4.78 is 27.1. The molecule has 34 heavy (non-hydrogen) atoms. The molecule has 3 N–H and O–H groups in total. The molecule has 0 bridgehead atoms. The third-order valence-corrected chi connectivity index (χ3v) is 4.85. The Kier molecular flexibility index (Phi) is 7.59. The fraction of sp³-hybridized carbons (Fsp3) is 0.261. The first-order valence-electron chi connectivity index (χ1n) is 9.96. The number of fused-ring (bicyclic) bond motifs is 1. The van der Waals surface area contributed by atoms with Gasteiger partial charge in [0.25, 0.3) is 5.91 Å². The molecule has 0 saturated carbocycles. The Morgan fingerprint density at radius 1 is 1.09 bits per heavy atom. The molecule has 1 unspecified atom stereocenters. The fourth-order valence-electron chi connectivity index (χ4n) is 3.21. The standard InChI is InChI=1S/C23H23NO10/c1-30-16-7-4-12(21(31-2)22(16)32-3)8-18-20(27)14-6-5-13(9-17(14)34-18)33-11-19(26)24-15(10-25)23(28)29/h4-9,15,25H,10-11H2,1-3H3,(H,24,26)(H,28,29). The number of hydrogen-bond acceptors (Lipinski definition) is 9. The van der Waals surface area contributed by atoms with Crippen LogP contribution in [0.4, 0.5) is 0 Å². The van der Waals surface area contributed by atoms with Crippen molar-refractivity contribution in [3.05, 3.63) is 47.2 Å². The minimum atomic E-state index is -1.43. The number of carbonyl (C=O) groups excluding carboxylic acids is 2. The summed E-state index contributed by atoms with van der Waals surface area (Å²) in [6.45, 7) is -1.25. The van der Waals surface area contributed by atoms with E-state index in [1.807, 2.05) is 0 Å². The van der Waals surface area contributed by atoms with E-state index in [9.17, 15) is 14.4 Å². The second kappa shape index (κ2) is 10.6. The molecule has 3 rings (SSSR count). The number of benzene rings is 2. The van der Waals surface area contributed by atoms with E-state index in [4.69, 9.17) is 33.9 Å². The molecule has 11 heteroatoms. The zero-order valence-corrected chi connectivity index (χ0v) is 18.6. The van der Waals surface area contributed by atoms with Crippen molar-refractivity contribution >= 4 is 23.7 Å². The van der Waals surface area contributed by atoms with E-state index in [1.165, 1.54) is 45.6 Å². The van der Waals surface area contributed by atoms with Crippen LogP contribution in [0.15, 0.2) is 36.1 Å². The van der Waals surface area contributed by atoms with Crippen LogP contribution >= 0.6 is 0 Å². The summed E-state index contributed by atoms with van der Waals surface area (Å²) in [5, 5.41) is 20.0. The van der Waals surface area contributed by atoms with E-state index in [0.29, 0.717) is 28.4 Å². The summed E-state index contributed by atoms with van der Waals surface area (Å²) >= 11 is 0. The normalized spacial score (nSPS) is 14.1. The molecular formula is C23H23NO10. The Labute approximate surface area is 194 Å². The molecule has 2 aromatic rings. The second-order valence-electron chi connectivity index (χ2n) is 6.95. The van der Waals surface area contributed by atoms with Gasteiger partial charge in [0.2, 0.25) is 11.5 Å². The van der Waals surface area contributed by atoms with Gasteiger partial charge in [0, 0.05) is 11.6 Å². The number of aliphatic hydroxyl groups is 1. The highest BCUT2D eigenvalue weighted by Gasteiger charge is 2.29. The van der Waals surface area contributed by atoms with Crippen molar-refractivity contribution in [3.63, 3.8) is 0 Å². The quantitative estimate of drug-likeness (QED) is 0.431.